The van der Waals surface area contributed by atoms with Gasteiger partial charge in [-0.15, -0.1) is 0 Å². The molecule has 2 atom stereocenters. The molecule has 1 aromatic rings. The van der Waals surface area contributed by atoms with Gasteiger partial charge in [0.25, 0.3) is 5.56 Å². The molecule has 0 bridgehead atoms. The van der Waals surface area contributed by atoms with Crippen LogP contribution in [0.2, 0.25) is 0 Å². The van der Waals surface area contributed by atoms with Crippen LogP contribution in [0.3, 0.4) is 0 Å². The van der Waals surface area contributed by atoms with Gasteiger partial charge in [0.15, 0.2) is 0 Å². The second kappa shape index (κ2) is 8.52. The molecule has 0 saturated carbocycles. The summed E-state index contributed by atoms with van der Waals surface area (Å²) < 4.78 is 0. The molecule has 1 aliphatic carbocycles. The summed E-state index contributed by atoms with van der Waals surface area (Å²) in [6, 6.07) is 4.43. The van der Waals surface area contributed by atoms with E-state index in [1.54, 1.807) is 6.08 Å². The molecule has 1 aliphatic heterocycles. The lowest BCUT2D eigenvalue weighted by atomic mass is 9.84. The first-order valence-electron chi connectivity index (χ1n) is 10.2. The number of pyridine rings is 1. The van der Waals surface area contributed by atoms with Crippen LogP contribution in [-0.2, 0) is 11.3 Å². The van der Waals surface area contributed by atoms with Gasteiger partial charge >= 0.3 is 0 Å². The lowest BCUT2D eigenvalue weighted by Crippen LogP contribution is -2.42. The van der Waals surface area contributed by atoms with Gasteiger partial charge in [0.2, 0.25) is 5.91 Å². The molecule has 2 heterocycles. The largest absolute Gasteiger partial charge is 0.367 e. The van der Waals surface area contributed by atoms with Crippen molar-refractivity contribution in [1.29, 1.82) is 5.26 Å². The Kier molecular flexibility index (Phi) is 6.07. The number of rotatable bonds is 6. The van der Waals surface area contributed by atoms with Crippen molar-refractivity contribution in [2.24, 2.45) is 5.92 Å². The molecule has 1 aromatic heterocycles. The van der Waals surface area contributed by atoms with Gasteiger partial charge < -0.3 is 15.2 Å². The summed E-state index contributed by atoms with van der Waals surface area (Å²) in [5.74, 6) is -0.332. The van der Waals surface area contributed by atoms with Crippen molar-refractivity contribution in [3.05, 3.63) is 68.8 Å². The summed E-state index contributed by atoms with van der Waals surface area (Å²) in [5.41, 5.74) is 3.08. The second-order valence-electron chi connectivity index (χ2n) is 7.73. The third kappa shape index (κ3) is 4.04. The summed E-state index contributed by atoms with van der Waals surface area (Å²) in [4.78, 5) is 30.3. The predicted molar refractivity (Wildman–Crippen MR) is 113 cm³/mol. The second-order valence-corrected chi connectivity index (χ2v) is 7.73. The number of amides is 1. The number of H-pyrrole nitrogens is 1. The number of hydrogen-bond acceptors (Lipinski definition) is 4. The molecule has 6 heteroatoms. The van der Waals surface area contributed by atoms with Crippen LogP contribution >= 0.6 is 0 Å². The standard InChI is InChI=1S/C23H28N4O2/c1-5-17(6-2)27-8-7-18-19(10-16(12-24)11-21(18)27)22(28)25-13-20-14(3)9-15(4)26-23(20)29/h7-11,17-18,21H,5-6,13H2,1-4H3,(H,25,28)(H,26,29). The van der Waals surface area contributed by atoms with E-state index in [0.29, 0.717) is 22.8 Å². The molecule has 2 aliphatic rings. The first-order valence-corrected chi connectivity index (χ1v) is 10.2. The molecule has 29 heavy (non-hydrogen) atoms. The topological polar surface area (TPSA) is 89.0 Å². The van der Waals surface area contributed by atoms with Crippen molar-refractivity contribution in [3.63, 3.8) is 0 Å². The van der Waals surface area contributed by atoms with Crippen molar-refractivity contribution in [2.45, 2.75) is 59.2 Å². The summed E-state index contributed by atoms with van der Waals surface area (Å²) in [7, 11) is 0. The van der Waals surface area contributed by atoms with Gasteiger partial charge in [-0.2, -0.15) is 5.26 Å². The Labute approximate surface area is 171 Å². The molecule has 152 valence electrons. The summed E-state index contributed by atoms with van der Waals surface area (Å²) in [6.07, 6.45) is 9.72. The number of carbonyl (C=O) groups excluding carboxylic acids is 1. The number of aryl methyl sites for hydroxylation is 2. The Morgan fingerprint density at radius 3 is 2.69 bits per heavy atom. The van der Waals surface area contributed by atoms with Crippen molar-refractivity contribution >= 4 is 5.91 Å². The number of nitriles is 1. The van der Waals surface area contributed by atoms with Crippen molar-refractivity contribution < 1.29 is 4.79 Å². The van der Waals surface area contributed by atoms with E-state index in [2.05, 4.69) is 41.3 Å². The average molecular weight is 393 g/mol. The zero-order valence-corrected chi connectivity index (χ0v) is 17.5. The lowest BCUT2D eigenvalue weighted by Gasteiger charge is -2.36. The Bertz CT molecular complexity index is 989. The van der Waals surface area contributed by atoms with Crippen LogP contribution in [0.4, 0.5) is 0 Å². The fraction of sp³-hybridized carbons (Fsp3) is 0.435. The van der Waals surface area contributed by atoms with Crippen LogP contribution in [0.25, 0.3) is 0 Å². The number of allylic oxidation sites excluding steroid dienone is 2. The highest BCUT2D eigenvalue weighted by Gasteiger charge is 2.37. The van der Waals surface area contributed by atoms with Gasteiger partial charge in [0.1, 0.15) is 0 Å². The molecule has 0 radical (unpaired) electrons. The van der Waals surface area contributed by atoms with E-state index >= 15 is 0 Å². The number of aromatic amines is 1. The number of nitrogens with zero attached hydrogens (tertiary/aromatic N) is 2. The molecule has 0 saturated heterocycles. The van der Waals surface area contributed by atoms with Crippen molar-refractivity contribution in [3.8, 4) is 6.07 Å². The maximum Gasteiger partial charge on any atom is 0.253 e. The molecule has 0 fully saturated rings. The minimum Gasteiger partial charge on any atom is -0.367 e. The Morgan fingerprint density at radius 2 is 2.07 bits per heavy atom. The average Bonchev–Trinajstić information content (AvgIpc) is 3.11. The van der Waals surface area contributed by atoms with E-state index < -0.39 is 0 Å². The van der Waals surface area contributed by atoms with Gasteiger partial charge in [0, 0.05) is 35.3 Å². The van der Waals surface area contributed by atoms with E-state index in [-0.39, 0.29) is 30.0 Å². The maximum absolute atomic E-state index is 13.0. The smallest absolute Gasteiger partial charge is 0.253 e. The number of fused-ring (bicyclic) bond motifs is 1. The van der Waals surface area contributed by atoms with Crippen LogP contribution in [0.15, 0.2) is 46.4 Å². The van der Waals surface area contributed by atoms with Crippen molar-refractivity contribution in [1.82, 2.24) is 15.2 Å². The van der Waals surface area contributed by atoms with Crippen LogP contribution in [0.1, 0.15) is 43.5 Å². The molecule has 2 unspecified atom stereocenters. The summed E-state index contributed by atoms with van der Waals surface area (Å²) in [6.45, 7) is 8.15. The normalized spacial score (nSPS) is 20.2. The van der Waals surface area contributed by atoms with Crippen LogP contribution < -0.4 is 10.9 Å². The highest BCUT2D eigenvalue weighted by atomic mass is 16.2. The first-order chi connectivity index (χ1) is 13.9. The minimum absolute atomic E-state index is 0.0233. The maximum atomic E-state index is 13.0. The monoisotopic (exact) mass is 392 g/mol. The molecule has 3 rings (SSSR count). The fourth-order valence-corrected chi connectivity index (χ4v) is 4.30. The third-order valence-corrected chi connectivity index (χ3v) is 5.87. The van der Waals surface area contributed by atoms with Gasteiger partial charge in [-0.3, -0.25) is 9.59 Å². The van der Waals surface area contributed by atoms with Gasteiger partial charge in [0.05, 0.1) is 17.7 Å². The molecular formula is C23H28N4O2. The van der Waals surface area contributed by atoms with E-state index in [9.17, 15) is 14.9 Å². The lowest BCUT2D eigenvalue weighted by molar-refractivity contribution is -0.118. The zero-order chi connectivity index (χ0) is 21.1. The minimum atomic E-state index is -0.240. The SMILES string of the molecule is CCC(CC)N1C=CC2C(C(=O)NCc3c(C)cc(C)[nH]c3=O)=CC(C#N)=CC21. The van der Waals surface area contributed by atoms with Gasteiger partial charge in [-0.1, -0.05) is 19.9 Å². The molecular weight excluding hydrogens is 364 g/mol. The van der Waals surface area contributed by atoms with Crippen LogP contribution in [0.5, 0.6) is 0 Å². The highest BCUT2D eigenvalue weighted by Crippen LogP contribution is 2.36. The number of hydrogen-bond donors (Lipinski definition) is 2. The number of aromatic nitrogens is 1. The van der Waals surface area contributed by atoms with Gasteiger partial charge in [-0.05, 0) is 56.7 Å². The Morgan fingerprint density at radius 1 is 1.34 bits per heavy atom. The first kappa shape index (κ1) is 20.7. The van der Waals surface area contributed by atoms with Gasteiger partial charge in [-0.25, -0.2) is 0 Å². The Hall–Kier alpha value is -3.07. The summed E-state index contributed by atoms with van der Waals surface area (Å²) in [5, 5.41) is 12.4. The van der Waals surface area contributed by atoms with E-state index in [1.165, 1.54) is 0 Å². The third-order valence-electron chi connectivity index (χ3n) is 5.87. The van der Waals surface area contributed by atoms with Crippen molar-refractivity contribution in [2.75, 3.05) is 0 Å². The van der Waals surface area contributed by atoms with E-state index in [0.717, 1.165) is 24.1 Å². The summed E-state index contributed by atoms with van der Waals surface area (Å²) >= 11 is 0. The molecule has 0 aromatic carbocycles. The fourth-order valence-electron chi connectivity index (χ4n) is 4.30. The van der Waals surface area contributed by atoms with Crippen LogP contribution in [0, 0.1) is 31.1 Å². The zero-order valence-electron chi connectivity index (χ0n) is 17.5. The molecule has 0 spiro atoms. The Balaban J connectivity index is 1.81. The molecule has 2 N–H and O–H groups in total. The molecule has 1 amide bonds. The van der Waals surface area contributed by atoms with Crippen LogP contribution in [-0.4, -0.2) is 27.9 Å². The molecule has 6 nitrogen and oxygen atoms in total. The highest BCUT2D eigenvalue weighted by molar-refractivity contribution is 5.95. The predicted octanol–water partition coefficient (Wildman–Crippen LogP) is 3.00. The number of nitrogens with one attached hydrogen (secondary N) is 2. The van der Waals surface area contributed by atoms with E-state index in [4.69, 9.17) is 0 Å². The van der Waals surface area contributed by atoms with E-state index in [1.807, 2.05) is 32.1 Å². The number of carbonyl (C=O) groups is 1. The quantitative estimate of drug-likeness (QED) is 0.779.